The predicted molar refractivity (Wildman–Crippen MR) is 89.0 cm³/mol. The second kappa shape index (κ2) is 7.09. The van der Waals surface area contributed by atoms with Gasteiger partial charge in [0, 0.05) is 12.1 Å². The van der Waals surface area contributed by atoms with E-state index in [4.69, 9.17) is 0 Å². The van der Waals surface area contributed by atoms with E-state index in [0.717, 1.165) is 43.2 Å². The van der Waals surface area contributed by atoms with E-state index in [2.05, 4.69) is 20.7 Å². The lowest BCUT2D eigenvalue weighted by molar-refractivity contribution is -0.123. The van der Waals surface area contributed by atoms with E-state index in [9.17, 15) is 9.90 Å². The van der Waals surface area contributed by atoms with Crippen LogP contribution in [0, 0.1) is 6.92 Å². The molecule has 0 unspecified atom stereocenters. The molecule has 1 aliphatic carbocycles. The number of hydrogen-bond donors (Lipinski definition) is 2. The van der Waals surface area contributed by atoms with Gasteiger partial charge in [0.05, 0.1) is 5.60 Å². The molecule has 128 valence electrons. The molecule has 2 N–H and O–H groups in total. The van der Waals surface area contributed by atoms with Crippen LogP contribution >= 0.6 is 0 Å². The van der Waals surface area contributed by atoms with Crippen molar-refractivity contribution in [2.24, 2.45) is 0 Å². The lowest BCUT2D eigenvalue weighted by Crippen LogP contribution is -2.45. The summed E-state index contributed by atoms with van der Waals surface area (Å²) in [7, 11) is 0. The first-order valence-electron chi connectivity index (χ1n) is 8.38. The number of tetrazole rings is 1. The van der Waals surface area contributed by atoms with Crippen LogP contribution in [0.2, 0.25) is 0 Å². The van der Waals surface area contributed by atoms with Gasteiger partial charge < -0.3 is 10.4 Å². The molecule has 7 heteroatoms. The molecule has 1 aromatic carbocycles. The first kappa shape index (κ1) is 16.6. The number of carbonyl (C=O) groups excluding carboxylic acids is 1. The zero-order valence-electron chi connectivity index (χ0n) is 13.9. The third-order valence-corrected chi connectivity index (χ3v) is 4.45. The van der Waals surface area contributed by atoms with Crippen LogP contribution in [-0.4, -0.2) is 43.4 Å². The Morgan fingerprint density at radius 3 is 2.67 bits per heavy atom. The lowest BCUT2D eigenvalue weighted by Gasteiger charge is -2.32. The predicted octanol–water partition coefficient (Wildman–Crippen LogP) is 1.46. The van der Waals surface area contributed by atoms with Crippen molar-refractivity contribution < 1.29 is 9.90 Å². The number of hydrogen-bond acceptors (Lipinski definition) is 5. The van der Waals surface area contributed by atoms with Gasteiger partial charge in [-0.15, -0.1) is 10.2 Å². The first-order chi connectivity index (χ1) is 11.5. The summed E-state index contributed by atoms with van der Waals surface area (Å²) in [4.78, 5) is 13.3. The summed E-state index contributed by atoms with van der Waals surface area (Å²) in [5.74, 6) is 0.274. The van der Waals surface area contributed by atoms with Gasteiger partial charge in [0.25, 0.3) is 0 Å². The van der Waals surface area contributed by atoms with Crippen molar-refractivity contribution in [3.05, 3.63) is 29.8 Å². The van der Waals surface area contributed by atoms with Crippen molar-refractivity contribution in [2.45, 2.75) is 51.2 Å². The Morgan fingerprint density at radius 2 is 1.96 bits per heavy atom. The summed E-state index contributed by atoms with van der Waals surface area (Å²) in [6.07, 6.45) is 4.66. The highest BCUT2D eigenvalue weighted by atomic mass is 16.3. The number of aryl methyl sites for hydroxylation is 1. The molecule has 0 spiro atoms. The number of nitrogens with one attached hydrogen (secondary N) is 1. The van der Waals surface area contributed by atoms with Crippen LogP contribution in [-0.2, 0) is 11.3 Å². The van der Waals surface area contributed by atoms with Gasteiger partial charge in [-0.3, -0.25) is 4.79 Å². The largest absolute Gasteiger partial charge is 0.388 e. The molecule has 1 aliphatic rings. The molecule has 1 heterocycles. The Labute approximate surface area is 141 Å². The number of amides is 1. The van der Waals surface area contributed by atoms with Gasteiger partial charge in [-0.1, -0.05) is 49.1 Å². The Morgan fingerprint density at radius 1 is 1.25 bits per heavy atom. The maximum absolute atomic E-state index is 12.0. The van der Waals surface area contributed by atoms with Gasteiger partial charge in [0.15, 0.2) is 0 Å². The number of aromatic nitrogens is 4. The molecule has 0 radical (unpaired) electrons. The monoisotopic (exact) mass is 329 g/mol. The molecule has 7 nitrogen and oxygen atoms in total. The molecule has 1 fully saturated rings. The van der Waals surface area contributed by atoms with Crippen LogP contribution in [0.25, 0.3) is 11.4 Å². The number of carbonyl (C=O) groups is 1. The van der Waals surface area contributed by atoms with Crippen molar-refractivity contribution >= 4 is 5.91 Å². The van der Waals surface area contributed by atoms with Gasteiger partial charge in [-0.05, 0) is 25.0 Å². The number of rotatable bonds is 5. The van der Waals surface area contributed by atoms with E-state index < -0.39 is 5.60 Å². The van der Waals surface area contributed by atoms with Crippen LogP contribution < -0.4 is 5.32 Å². The molecule has 3 rings (SSSR count). The summed E-state index contributed by atoms with van der Waals surface area (Å²) in [5, 5.41) is 25.3. The zero-order chi connectivity index (χ0) is 17.0. The molecule has 24 heavy (non-hydrogen) atoms. The van der Waals surface area contributed by atoms with Crippen LogP contribution in [0.5, 0.6) is 0 Å². The van der Waals surface area contributed by atoms with Crippen molar-refractivity contribution in [3.63, 3.8) is 0 Å². The summed E-state index contributed by atoms with van der Waals surface area (Å²) in [5.41, 5.74) is 1.26. The van der Waals surface area contributed by atoms with Crippen molar-refractivity contribution in [1.82, 2.24) is 25.5 Å². The van der Waals surface area contributed by atoms with E-state index in [1.54, 1.807) is 0 Å². The second-order valence-electron chi connectivity index (χ2n) is 6.57. The van der Waals surface area contributed by atoms with Crippen LogP contribution in [0.1, 0.15) is 37.7 Å². The number of aliphatic hydroxyl groups is 1. The average Bonchev–Trinajstić information content (AvgIpc) is 3.03. The minimum absolute atomic E-state index is 0.00502. The van der Waals surface area contributed by atoms with Crippen molar-refractivity contribution in [3.8, 4) is 11.4 Å². The highest BCUT2D eigenvalue weighted by Gasteiger charge is 2.29. The average molecular weight is 329 g/mol. The highest BCUT2D eigenvalue weighted by molar-refractivity contribution is 5.75. The van der Waals surface area contributed by atoms with Crippen LogP contribution in [0.4, 0.5) is 0 Å². The molecule has 0 saturated heterocycles. The van der Waals surface area contributed by atoms with Crippen molar-refractivity contribution in [1.29, 1.82) is 0 Å². The van der Waals surface area contributed by atoms with Gasteiger partial charge in [-0.2, -0.15) is 4.80 Å². The summed E-state index contributed by atoms with van der Waals surface area (Å²) >= 11 is 0. The quantitative estimate of drug-likeness (QED) is 0.866. The van der Waals surface area contributed by atoms with E-state index in [0.29, 0.717) is 5.82 Å². The Hall–Kier alpha value is -2.28. The molecule has 1 aromatic heterocycles. The lowest BCUT2D eigenvalue weighted by atomic mass is 9.85. The summed E-state index contributed by atoms with van der Waals surface area (Å²) in [6, 6.07) is 7.81. The first-order valence-corrected chi connectivity index (χ1v) is 8.38. The van der Waals surface area contributed by atoms with E-state index in [-0.39, 0.29) is 19.0 Å². The van der Waals surface area contributed by atoms with E-state index >= 15 is 0 Å². The second-order valence-corrected chi connectivity index (χ2v) is 6.57. The molecule has 2 aromatic rings. The third-order valence-electron chi connectivity index (χ3n) is 4.45. The highest BCUT2D eigenvalue weighted by Crippen LogP contribution is 2.27. The standard InChI is InChI=1S/C17H23N5O2/c1-13-5-7-14(8-6-13)16-19-21-22(20-16)11-15(23)18-12-17(24)9-3-2-4-10-17/h5-8,24H,2-4,9-12H2,1H3,(H,18,23). The fourth-order valence-electron chi connectivity index (χ4n) is 2.96. The van der Waals surface area contributed by atoms with E-state index in [1.165, 1.54) is 4.80 Å². The minimum Gasteiger partial charge on any atom is -0.388 e. The molecule has 1 amide bonds. The zero-order valence-corrected chi connectivity index (χ0v) is 13.9. The molecule has 1 saturated carbocycles. The Balaban J connectivity index is 1.54. The Bertz CT molecular complexity index is 689. The molecule has 0 aliphatic heterocycles. The fraction of sp³-hybridized carbons (Fsp3) is 0.529. The number of benzene rings is 1. The maximum atomic E-state index is 12.0. The van der Waals surface area contributed by atoms with Gasteiger partial charge >= 0.3 is 0 Å². The van der Waals surface area contributed by atoms with Gasteiger partial charge in [-0.25, -0.2) is 0 Å². The molecule has 0 atom stereocenters. The third kappa shape index (κ3) is 4.17. The van der Waals surface area contributed by atoms with Crippen LogP contribution in [0.15, 0.2) is 24.3 Å². The summed E-state index contributed by atoms with van der Waals surface area (Å²) in [6.45, 7) is 2.29. The number of nitrogens with zero attached hydrogens (tertiary/aromatic N) is 4. The molecule has 0 bridgehead atoms. The Kier molecular flexibility index (Phi) is 4.89. The fourth-order valence-corrected chi connectivity index (χ4v) is 2.96. The smallest absolute Gasteiger partial charge is 0.243 e. The van der Waals surface area contributed by atoms with Gasteiger partial charge in [0.2, 0.25) is 11.7 Å². The maximum Gasteiger partial charge on any atom is 0.243 e. The van der Waals surface area contributed by atoms with E-state index in [1.807, 2.05) is 31.2 Å². The SMILES string of the molecule is Cc1ccc(-c2nnn(CC(=O)NCC3(O)CCCCC3)n2)cc1. The normalized spacial score (nSPS) is 16.8. The molecular formula is C17H23N5O2. The van der Waals surface area contributed by atoms with Crippen molar-refractivity contribution in [2.75, 3.05) is 6.54 Å². The molecular weight excluding hydrogens is 306 g/mol. The topological polar surface area (TPSA) is 92.9 Å². The van der Waals surface area contributed by atoms with Gasteiger partial charge in [0.1, 0.15) is 6.54 Å². The van der Waals surface area contributed by atoms with Crippen LogP contribution in [0.3, 0.4) is 0 Å². The summed E-state index contributed by atoms with van der Waals surface area (Å²) < 4.78 is 0. The minimum atomic E-state index is -0.767.